The van der Waals surface area contributed by atoms with Gasteiger partial charge in [-0.05, 0) is 38.1 Å². The van der Waals surface area contributed by atoms with Gasteiger partial charge in [-0.1, -0.05) is 12.1 Å². The molecule has 3 N–H and O–H groups in total. The fraction of sp³-hybridized carbons (Fsp3) is 0.200. The van der Waals surface area contributed by atoms with Gasteiger partial charge in [-0.3, -0.25) is 0 Å². The summed E-state index contributed by atoms with van der Waals surface area (Å²) in [5.41, 5.74) is 6.42. The smallest absolute Gasteiger partial charge is 0.149 e. The molecule has 0 aliphatic carbocycles. The molecule has 3 nitrogen and oxygen atoms in total. The Morgan fingerprint density at radius 2 is 1.65 bits per heavy atom. The lowest BCUT2D eigenvalue weighted by molar-refractivity contribution is 0.244. The van der Waals surface area contributed by atoms with Gasteiger partial charge in [-0.25, -0.2) is 8.78 Å². The molecule has 0 radical (unpaired) electrons. The molecule has 0 saturated heterocycles. The number of nitrogens with two attached hydrogens (primary N) is 1. The van der Waals surface area contributed by atoms with Crippen LogP contribution in [0.1, 0.15) is 13.8 Å². The van der Waals surface area contributed by atoms with Crippen LogP contribution in [0.4, 0.5) is 25.8 Å². The predicted octanol–water partition coefficient (Wildman–Crippen LogP) is 4.08. The molecule has 2 aromatic rings. The molecule has 106 valence electrons. The molecule has 0 aromatic heterocycles. The van der Waals surface area contributed by atoms with Crippen LogP contribution in [0.3, 0.4) is 0 Å². The van der Waals surface area contributed by atoms with Crippen molar-refractivity contribution in [3.63, 3.8) is 0 Å². The zero-order chi connectivity index (χ0) is 14.7. The molecule has 0 unspecified atom stereocenters. The Balaban J connectivity index is 2.35. The Morgan fingerprint density at radius 3 is 2.25 bits per heavy atom. The number of benzene rings is 2. The molecule has 2 rings (SSSR count). The van der Waals surface area contributed by atoms with Crippen LogP contribution in [-0.2, 0) is 0 Å². The Hall–Kier alpha value is -2.30. The van der Waals surface area contributed by atoms with Crippen molar-refractivity contribution in [1.29, 1.82) is 0 Å². The highest BCUT2D eigenvalue weighted by Crippen LogP contribution is 2.33. The number of anilines is 3. The van der Waals surface area contributed by atoms with E-state index in [-0.39, 0.29) is 11.8 Å². The van der Waals surface area contributed by atoms with E-state index in [9.17, 15) is 8.78 Å². The molecule has 20 heavy (non-hydrogen) atoms. The number of hydrogen-bond donors (Lipinski definition) is 2. The lowest BCUT2D eigenvalue weighted by Gasteiger charge is -2.16. The highest BCUT2D eigenvalue weighted by Gasteiger charge is 2.12. The monoisotopic (exact) mass is 278 g/mol. The average molecular weight is 278 g/mol. The second-order valence-corrected chi connectivity index (χ2v) is 4.61. The van der Waals surface area contributed by atoms with Gasteiger partial charge >= 0.3 is 0 Å². The van der Waals surface area contributed by atoms with Crippen molar-refractivity contribution in [2.24, 2.45) is 0 Å². The summed E-state index contributed by atoms with van der Waals surface area (Å²) in [5.74, 6) is -0.888. The number of nitrogen functional groups attached to an aromatic ring is 1. The first-order valence-electron chi connectivity index (χ1n) is 6.25. The second kappa shape index (κ2) is 5.77. The van der Waals surface area contributed by atoms with E-state index < -0.39 is 11.6 Å². The molecular weight excluding hydrogens is 262 g/mol. The average Bonchev–Trinajstić information content (AvgIpc) is 2.37. The quantitative estimate of drug-likeness (QED) is 0.828. The SMILES string of the molecule is CC(C)Oc1cccc(Nc2c(F)cccc2F)c1N. The first-order valence-corrected chi connectivity index (χ1v) is 6.25. The van der Waals surface area contributed by atoms with E-state index in [1.165, 1.54) is 18.2 Å². The Morgan fingerprint density at radius 1 is 1.05 bits per heavy atom. The predicted molar refractivity (Wildman–Crippen MR) is 76.3 cm³/mol. The molecule has 2 aromatic carbocycles. The molecule has 0 bridgehead atoms. The van der Waals surface area contributed by atoms with Crippen LogP contribution in [0.5, 0.6) is 5.75 Å². The van der Waals surface area contributed by atoms with Crippen molar-refractivity contribution in [3.05, 3.63) is 48.0 Å². The molecule has 5 heteroatoms. The van der Waals surface area contributed by atoms with Crippen LogP contribution in [0.15, 0.2) is 36.4 Å². The summed E-state index contributed by atoms with van der Waals surface area (Å²) in [6.07, 6.45) is -0.0438. The van der Waals surface area contributed by atoms with Crippen LogP contribution >= 0.6 is 0 Å². The van der Waals surface area contributed by atoms with Gasteiger partial charge in [0, 0.05) is 0 Å². The summed E-state index contributed by atoms with van der Waals surface area (Å²) < 4.78 is 32.7. The normalized spacial score (nSPS) is 10.7. The zero-order valence-corrected chi connectivity index (χ0v) is 11.3. The van der Waals surface area contributed by atoms with Crippen molar-refractivity contribution in [1.82, 2.24) is 0 Å². The van der Waals surface area contributed by atoms with Crippen LogP contribution < -0.4 is 15.8 Å². The fourth-order valence-corrected chi connectivity index (χ4v) is 1.76. The molecule has 0 aliphatic rings. The van der Waals surface area contributed by atoms with Gasteiger partial charge in [0.05, 0.1) is 17.5 Å². The summed E-state index contributed by atoms with van der Waals surface area (Å²) in [7, 11) is 0. The van der Waals surface area contributed by atoms with E-state index in [2.05, 4.69) is 5.32 Å². The molecule has 0 fully saturated rings. The Bertz CT molecular complexity index is 595. The van der Waals surface area contributed by atoms with Gasteiger partial charge in [0.2, 0.25) is 0 Å². The second-order valence-electron chi connectivity index (χ2n) is 4.61. The van der Waals surface area contributed by atoms with E-state index in [0.29, 0.717) is 17.1 Å². The third kappa shape index (κ3) is 2.99. The van der Waals surface area contributed by atoms with Gasteiger partial charge in [0.25, 0.3) is 0 Å². The third-order valence-electron chi connectivity index (χ3n) is 2.65. The van der Waals surface area contributed by atoms with Crippen LogP contribution in [0, 0.1) is 11.6 Å². The van der Waals surface area contributed by atoms with Crippen LogP contribution in [0.2, 0.25) is 0 Å². The van der Waals surface area contributed by atoms with Crippen molar-refractivity contribution in [2.45, 2.75) is 20.0 Å². The van der Waals surface area contributed by atoms with Gasteiger partial charge in [0.15, 0.2) is 0 Å². The maximum atomic E-state index is 13.6. The fourth-order valence-electron chi connectivity index (χ4n) is 1.76. The first kappa shape index (κ1) is 14.1. The number of rotatable bonds is 4. The number of ether oxygens (including phenoxy) is 1. The van der Waals surface area contributed by atoms with Crippen molar-refractivity contribution >= 4 is 17.1 Å². The maximum absolute atomic E-state index is 13.6. The lowest BCUT2D eigenvalue weighted by Crippen LogP contribution is -2.08. The standard InChI is InChI=1S/C15H16F2N2O/c1-9(2)20-13-8-4-7-12(14(13)18)19-15-10(16)5-3-6-11(15)17/h3-9,19H,18H2,1-2H3. The third-order valence-corrected chi connectivity index (χ3v) is 2.65. The summed E-state index contributed by atoms with van der Waals surface area (Å²) >= 11 is 0. The number of para-hydroxylation sites is 2. The number of nitrogens with one attached hydrogen (secondary N) is 1. The molecule has 0 amide bonds. The van der Waals surface area contributed by atoms with Crippen LogP contribution in [-0.4, -0.2) is 6.10 Å². The summed E-state index contributed by atoms with van der Waals surface area (Å²) in [5, 5.41) is 2.67. The minimum atomic E-state index is -0.681. The summed E-state index contributed by atoms with van der Waals surface area (Å²) in [4.78, 5) is 0. The number of halogens is 2. The highest BCUT2D eigenvalue weighted by atomic mass is 19.1. The molecule has 0 spiro atoms. The first-order chi connectivity index (χ1) is 9.49. The van der Waals surface area contributed by atoms with Gasteiger partial charge in [0.1, 0.15) is 23.1 Å². The molecular formula is C15H16F2N2O. The van der Waals surface area contributed by atoms with Crippen molar-refractivity contribution in [3.8, 4) is 5.75 Å². The largest absolute Gasteiger partial charge is 0.489 e. The minimum absolute atomic E-state index is 0.0438. The highest BCUT2D eigenvalue weighted by molar-refractivity contribution is 5.77. The summed E-state index contributed by atoms with van der Waals surface area (Å²) in [6, 6.07) is 8.70. The van der Waals surface area contributed by atoms with E-state index in [1.807, 2.05) is 13.8 Å². The van der Waals surface area contributed by atoms with Crippen LogP contribution in [0.25, 0.3) is 0 Å². The van der Waals surface area contributed by atoms with E-state index in [1.54, 1.807) is 18.2 Å². The topological polar surface area (TPSA) is 47.3 Å². The lowest BCUT2D eigenvalue weighted by atomic mass is 10.2. The molecule has 0 aliphatic heterocycles. The van der Waals surface area contributed by atoms with E-state index in [0.717, 1.165) is 0 Å². The van der Waals surface area contributed by atoms with Crippen molar-refractivity contribution in [2.75, 3.05) is 11.1 Å². The van der Waals surface area contributed by atoms with Gasteiger partial charge in [-0.2, -0.15) is 0 Å². The van der Waals surface area contributed by atoms with Gasteiger partial charge < -0.3 is 15.8 Å². The zero-order valence-electron chi connectivity index (χ0n) is 11.3. The van der Waals surface area contributed by atoms with Crippen molar-refractivity contribution < 1.29 is 13.5 Å². The Labute approximate surface area is 116 Å². The molecule has 0 saturated carbocycles. The van der Waals surface area contributed by atoms with E-state index >= 15 is 0 Å². The van der Waals surface area contributed by atoms with Gasteiger partial charge in [-0.15, -0.1) is 0 Å². The van der Waals surface area contributed by atoms with E-state index in [4.69, 9.17) is 10.5 Å². The Kier molecular flexibility index (Phi) is 4.08. The minimum Gasteiger partial charge on any atom is -0.489 e. The molecule has 0 atom stereocenters. The number of hydrogen-bond acceptors (Lipinski definition) is 3. The molecule has 0 heterocycles. The summed E-state index contributed by atoms with van der Waals surface area (Å²) in [6.45, 7) is 3.74. The maximum Gasteiger partial charge on any atom is 0.149 e.